The van der Waals surface area contributed by atoms with E-state index in [9.17, 15) is 9.18 Å². The Morgan fingerprint density at radius 1 is 1.42 bits per heavy atom. The third kappa shape index (κ3) is 3.85. The van der Waals surface area contributed by atoms with Crippen LogP contribution in [-0.4, -0.2) is 37.3 Å². The summed E-state index contributed by atoms with van der Waals surface area (Å²) in [4.78, 5) is 13.9. The molecule has 4 nitrogen and oxygen atoms in total. The number of methoxy groups -OCH3 is 1. The predicted octanol–water partition coefficient (Wildman–Crippen LogP) is 5.24. The molecule has 1 aliphatic heterocycles. The van der Waals surface area contributed by atoms with Crippen LogP contribution in [0.5, 0.6) is 5.75 Å². The summed E-state index contributed by atoms with van der Waals surface area (Å²) in [6.07, 6.45) is 2.57. The van der Waals surface area contributed by atoms with E-state index in [2.05, 4.69) is 13.8 Å². The molecule has 1 amide bonds. The normalized spacial score (nSPS) is 22.6. The highest BCUT2D eigenvalue weighted by atomic mass is 127. The highest BCUT2D eigenvalue weighted by Gasteiger charge is 2.34. The highest BCUT2D eigenvalue weighted by molar-refractivity contribution is 14.1. The Kier molecular flexibility index (Phi) is 5.51. The Morgan fingerprint density at radius 2 is 2.15 bits per heavy atom. The van der Waals surface area contributed by atoms with Crippen molar-refractivity contribution in [3.63, 3.8) is 0 Å². The largest absolute Gasteiger partial charge is 0.496 e. The molecule has 2 aliphatic rings. The first kappa shape index (κ1) is 19.5. The number of rotatable bonds is 4. The van der Waals surface area contributed by atoms with Crippen LogP contribution in [0.2, 0.25) is 0 Å². The Labute approximate surface area is 167 Å². The average Bonchev–Trinajstić information content (AvgIpc) is 2.88. The van der Waals surface area contributed by atoms with Gasteiger partial charge < -0.3 is 9.47 Å². The maximum absolute atomic E-state index is 14.0. The SMILES string of the molecule is COc1cc(F)c(I)cc1C1=C(CN2C(=O)OCC2C)CC(C)(C)CC1. The lowest BCUT2D eigenvalue weighted by molar-refractivity contribution is 0.159. The van der Waals surface area contributed by atoms with Gasteiger partial charge in [-0.25, -0.2) is 9.18 Å². The van der Waals surface area contributed by atoms with Gasteiger partial charge in [-0.05, 0) is 71.4 Å². The van der Waals surface area contributed by atoms with Crippen LogP contribution in [0.3, 0.4) is 0 Å². The first-order chi connectivity index (χ1) is 12.2. The van der Waals surface area contributed by atoms with Crippen molar-refractivity contribution >= 4 is 34.3 Å². The number of carbonyl (C=O) groups excluding carboxylic acids is 1. The zero-order chi connectivity index (χ0) is 19.1. The van der Waals surface area contributed by atoms with E-state index in [0.717, 1.165) is 24.8 Å². The van der Waals surface area contributed by atoms with Crippen LogP contribution in [0.4, 0.5) is 9.18 Å². The first-order valence-corrected chi connectivity index (χ1v) is 9.97. The molecule has 26 heavy (non-hydrogen) atoms. The quantitative estimate of drug-likeness (QED) is 0.562. The third-order valence-corrected chi connectivity index (χ3v) is 6.14. The van der Waals surface area contributed by atoms with E-state index in [1.165, 1.54) is 17.2 Å². The summed E-state index contributed by atoms with van der Waals surface area (Å²) in [5.41, 5.74) is 3.49. The molecule has 0 spiro atoms. The van der Waals surface area contributed by atoms with Gasteiger partial charge in [0.1, 0.15) is 18.2 Å². The molecule has 1 aromatic rings. The van der Waals surface area contributed by atoms with Crippen molar-refractivity contribution in [1.82, 2.24) is 4.90 Å². The lowest BCUT2D eigenvalue weighted by atomic mass is 9.72. The molecule has 3 rings (SSSR count). The fourth-order valence-electron chi connectivity index (χ4n) is 3.79. The maximum Gasteiger partial charge on any atom is 0.410 e. The molecule has 0 radical (unpaired) electrons. The minimum atomic E-state index is -0.277. The van der Waals surface area contributed by atoms with Crippen LogP contribution in [0.1, 0.15) is 45.6 Å². The van der Waals surface area contributed by atoms with Gasteiger partial charge in [-0.2, -0.15) is 0 Å². The fourth-order valence-corrected chi connectivity index (χ4v) is 4.26. The molecular formula is C20H25FINO3. The lowest BCUT2D eigenvalue weighted by Crippen LogP contribution is -2.35. The van der Waals surface area contributed by atoms with Crippen molar-refractivity contribution in [3.05, 3.63) is 32.7 Å². The molecular weight excluding hydrogens is 448 g/mol. The number of hydrogen-bond acceptors (Lipinski definition) is 3. The van der Waals surface area contributed by atoms with Crippen LogP contribution in [0.15, 0.2) is 17.7 Å². The second-order valence-electron chi connectivity index (χ2n) is 7.94. The van der Waals surface area contributed by atoms with Crippen molar-refractivity contribution in [2.45, 2.75) is 46.1 Å². The van der Waals surface area contributed by atoms with Gasteiger partial charge in [0.25, 0.3) is 0 Å². The zero-order valence-electron chi connectivity index (χ0n) is 15.7. The standard InChI is InChI=1S/C20H25FINO3/c1-12-11-26-19(24)23(12)10-13-9-20(2,3)6-5-14(13)15-7-17(22)16(21)8-18(15)25-4/h7-8,12H,5-6,9-11H2,1-4H3. The molecule has 1 unspecified atom stereocenters. The third-order valence-electron chi connectivity index (χ3n) is 5.31. The van der Waals surface area contributed by atoms with E-state index in [4.69, 9.17) is 9.47 Å². The van der Waals surface area contributed by atoms with E-state index < -0.39 is 0 Å². The summed E-state index contributed by atoms with van der Waals surface area (Å²) in [6, 6.07) is 3.37. The van der Waals surface area contributed by atoms with Crippen molar-refractivity contribution in [3.8, 4) is 5.75 Å². The van der Waals surface area contributed by atoms with E-state index >= 15 is 0 Å². The Balaban J connectivity index is 2.06. The molecule has 0 bridgehead atoms. The summed E-state index contributed by atoms with van der Waals surface area (Å²) in [7, 11) is 1.57. The van der Waals surface area contributed by atoms with Gasteiger partial charge in [0.05, 0.1) is 13.2 Å². The van der Waals surface area contributed by atoms with Gasteiger partial charge in [0.15, 0.2) is 0 Å². The number of benzene rings is 1. The number of ether oxygens (including phenoxy) is 2. The number of nitrogens with zero attached hydrogens (tertiary/aromatic N) is 1. The van der Waals surface area contributed by atoms with E-state index in [1.807, 2.05) is 35.6 Å². The van der Waals surface area contributed by atoms with E-state index in [1.54, 1.807) is 12.0 Å². The summed E-state index contributed by atoms with van der Waals surface area (Å²) in [5, 5.41) is 0. The van der Waals surface area contributed by atoms with Crippen LogP contribution in [0, 0.1) is 14.8 Å². The summed E-state index contributed by atoms with van der Waals surface area (Å²) < 4.78 is 25.2. The molecule has 1 saturated heterocycles. The monoisotopic (exact) mass is 473 g/mol. The van der Waals surface area contributed by atoms with Gasteiger partial charge >= 0.3 is 6.09 Å². The summed E-state index contributed by atoms with van der Waals surface area (Å²) in [5.74, 6) is 0.272. The molecule has 0 N–H and O–H groups in total. The molecule has 142 valence electrons. The number of allylic oxidation sites excluding steroid dienone is 1. The first-order valence-electron chi connectivity index (χ1n) is 8.89. The zero-order valence-corrected chi connectivity index (χ0v) is 17.9. The minimum absolute atomic E-state index is 0.0662. The predicted molar refractivity (Wildman–Crippen MR) is 108 cm³/mol. The van der Waals surface area contributed by atoms with Crippen molar-refractivity contribution < 1.29 is 18.7 Å². The van der Waals surface area contributed by atoms with Crippen LogP contribution < -0.4 is 4.74 Å². The number of carbonyl (C=O) groups is 1. The number of hydrogen-bond donors (Lipinski definition) is 0. The molecule has 0 aromatic heterocycles. The van der Waals surface area contributed by atoms with E-state index in [0.29, 0.717) is 22.5 Å². The minimum Gasteiger partial charge on any atom is -0.496 e. The van der Waals surface area contributed by atoms with Gasteiger partial charge in [-0.15, -0.1) is 0 Å². The van der Waals surface area contributed by atoms with Gasteiger partial charge in [0.2, 0.25) is 0 Å². The Hall–Kier alpha value is -1.31. The van der Waals surface area contributed by atoms with Crippen LogP contribution >= 0.6 is 22.6 Å². The van der Waals surface area contributed by atoms with Crippen molar-refractivity contribution in [2.24, 2.45) is 5.41 Å². The Morgan fingerprint density at radius 3 is 2.77 bits per heavy atom. The maximum atomic E-state index is 14.0. The molecule has 6 heteroatoms. The topological polar surface area (TPSA) is 38.8 Å². The smallest absolute Gasteiger partial charge is 0.410 e. The fraction of sp³-hybridized carbons (Fsp3) is 0.550. The molecule has 0 saturated carbocycles. The number of amides is 1. The van der Waals surface area contributed by atoms with Gasteiger partial charge in [-0.1, -0.05) is 13.8 Å². The molecule has 1 atom stereocenters. The molecule has 1 aliphatic carbocycles. The van der Waals surface area contributed by atoms with Crippen LogP contribution in [0.25, 0.3) is 5.57 Å². The van der Waals surface area contributed by atoms with Gasteiger partial charge in [0, 0.05) is 21.7 Å². The Bertz CT molecular complexity index is 760. The summed E-state index contributed by atoms with van der Waals surface area (Å²) in [6.45, 7) is 7.49. The second kappa shape index (κ2) is 7.37. The number of halogens is 2. The van der Waals surface area contributed by atoms with Crippen molar-refractivity contribution in [2.75, 3.05) is 20.3 Å². The second-order valence-corrected chi connectivity index (χ2v) is 9.11. The highest BCUT2D eigenvalue weighted by Crippen LogP contribution is 2.45. The van der Waals surface area contributed by atoms with Crippen LogP contribution in [-0.2, 0) is 4.74 Å². The summed E-state index contributed by atoms with van der Waals surface area (Å²) >= 11 is 2.01. The molecule has 1 aromatic carbocycles. The molecule has 1 fully saturated rings. The average molecular weight is 473 g/mol. The van der Waals surface area contributed by atoms with Crippen molar-refractivity contribution in [1.29, 1.82) is 0 Å². The van der Waals surface area contributed by atoms with E-state index in [-0.39, 0.29) is 23.4 Å². The number of cyclic esters (lactones) is 1. The lowest BCUT2D eigenvalue weighted by Gasteiger charge is -2.35. The van der Waals surface area contributed by atoms with Gasteiger partial charge in [-0.3, -0.25) is 4.90 Å². The molecule has 1 heterocycles.